The largest absolute Gasteiger partial charge is 0.497 e. The monoisotopic (exact) mass is 508 g/mol. The molecule has 8 nitrogen and oxygen atoms in total. The third-order valence-electron chi connectivity index (χ3n) is 5.23. The lowest BCUT2D eigenvalue weighted by atomic mass is 10.0. The molecule has 4 aromatic rings. The molecule has 0 aliphatic rings. The molecule has 0 spiro atoms. The number of anilines is 2. The molecule has 10 heteroatoms. The van der Waals surface area contributed by atoms with Gasteiger partial charge in [-0.1, -0.05) is 47.7 Å². The number of primary sulfonamides is 1. The van der Waals surface area contributed by atoms with Gasteiger partial charge < -0.3 is 15.0 Å². The van der Waals surface area contributed by atoms with Gasteiger partial charge in [0.15, 0.2) is 5.13 Å². The molecule has 0 fully saturated rings. The first-order chi connectivity index (χ1) is 16.7. The van der Waals surface area contributed by atoms with Crippen LogP contribution in [0.3, 0.4) is 0 Å². The van der Waals surface area contributed by atoms with Crippen LogP contribution in [0.2, 0.25) is 0 Å². The van der Waals surface area contributed by atoms with E-state index < -0.39 is 10.0 Å². The summed E-state index contributed by atoms with van der Waals surface area (Å²) in [6, 6.07) is 20.7. The molecule has 0 bridgehead atoms. The van der Waals surface area contributed by atoms with Gasteiger partial charge in [0.25, 0.3) is 5.91 Å². The predicted octanol–water partition coefficient (Wildman–Crippen LogP) is 4.45. The van der Waals surface area contributed by atoms with Crippen LogP contribution in [0.4, 0.5) is 10.8 Å². The van der Waals surface area contributed by atoms with Gasteiger partial charge in [-0.3, -0.25) is 4.79 Å². The summed E-state index contributed by atoms with van der Waals surface area (Å²) in [5.74, 6) is 0.340. The zero-order chi connectivity index (χ0) is 25.2. The maximum atomic E-state index is 13.5. The summed E-state index contributed by atoms with van der Waals surface area (Å²) in [5, 5.41) is 9.05. The zero-order valence-corrected chi connectivity index (χ0v) is 21.0. The Kier molecular flexibility index (Phi) is 6.88. The van der Waals surface area contributed by atoms with E-state index in [0.29, 0.717) is 38.3 Å². The van der Waals surface area contributed by atoms with Crippen molar-refractivity contribution in [1.29, 1.82) is 0 Å². The lowest BCUT2D eigenvalue weighted by Crippen LogP contribution is -2.15. The number of nitrogens with one attached hydrogen (secondary N) is 1. The number of benzene rings is 3. The summed E-state index contributed by atoms with van der Waals surface area (Å²) in [5.41, 5.74) is 2.71. The second kappa shape index (κ2) is 9.87. The van der Waals surface area contributed by atoms with Crippen molar-refractivity contribution in [3.8, 4) is 28.1 Å². The number of amides is 1. The summed E-state index contributed by atoms with van der Waals surface area (Å²) in [7, 11) is 1.34. The number of methoxy groups -OCH3 is 1. The van der Waals surface area contributed by atoms with Gasteiger partial charge in [-0.15, -0.1) is 0 Å². The van der Waals surface area contributed by atoms with E-state index in [2.05, 4.69) is 10.3 Å². The number of nitrogens with two attached hydrogens (primary N) is 1. The summed E-state index contributed by atoms with van der Waals surface area (Å²) < 4.78 is 29.6. The quantitative estimate of drug-likeness (QED) is 0.381. The first kappa shape index (κ1) is 24.4. The molecule has 0 aliphatic carbocycles. The van der Waals surface area contributed by atoms with Crippen LogP contribution >= 0.6 is 11.3 Å². The van der Waals surface area contributed by atoms with Gasteiger partial charge in [-0.05, 0) is 36.4 Å². The first-order valence-corrected chi connectivity index (χ1v) is 12.9. The number of nitrogens with zero attached hydrogens (tertiary/aromatic N) is 2. The molecule has 0 atom stereocenters. The Morgan fingerprint density at radius 2 is 1.60 bits per heavy atom. The fraction of sp³-hybridized carbons (Fsp3) is 0.120. The Morgan fingerprint density at radius 1 is 0.971 bits per heavy atom. The molecule has 4 rings (SSSR count). The van der Waals surface area contributed by atoms with E-state index in [4.69, 9.17) is 9.88 Å². The topological polar surface area (TPSA) is 115 Å². The smallest absolute Gasteiger partial charge is 0.268 e. The number of hydrogen-bond donors (Lipinski definition) is 2. The summed E-state index contributed by atoms with van der Waals surface area (Å²) in [6.45, 7) is 0. The van der Waals surface area contributed by atoms with E-state index in [1.165, 1.54) is 17.4 Å². The highest BCUT2D eigenvalue weighted by molar-refractivity contribution is 7.89. The molecule has 0 saturated carbocycles. The van der Waals surface area contributed by atoms with Crippen molar-refractivity contribution in [2.24, 2.45) is 5.14 Å². The van der Waals surface area contributed by atoms with Gasteiger partial charge in [0, 0.05) is 36.5 Å². The van der Waals surface area contributed by atoms with Crippen LogP contribution in [-0.2, 0) is 10.0 Å². The number of sulfonamides is 1. The minimum Gasteiger partial charge on any atom is -0.497 e. The van der Waals surface area contributed by atoms with Crippen LogP contribution in [0, 0.1) is 0 Å². The maximum absolute atomic E-state index is 13.5. The van der Waals surface area contributed by atoms with Crippen molar-refractivity contribution < 1.29 is 17.9 Å². The Labute approximate surface area is 208 Å². The van der Waals surface area contributed by atoms with Crippen LogP contribution in [0.25, 0.3) is 22.4 Å². The molecule has 0 radical (unpaired) electrons. The average Bonchev–Trinajstić information content (AvgIpc) is 3.30. The minimum atomic E-state index is -3.97. The highest BCUT2D eigenvalue weighted by Gasteiger charge is 2.23. The highest BCUT2D eigenvalue weighted by Crippen LogP contribution is 2.36. The van der Waals surface area contributed by atoms with Crippen molar-refractivity contribution in [3.05, 3.63) is 77.7 Å². The number of para-hydroxylation sites is 1. The van der Waals surface area contributed by atoms with Gasteiger partial charge in [-0.2, -0.15) is 0 Å². The van der Waals surface area contributed by atoms with E-state index in [1.807, 2.05) is 43.3 Å². The summed E-state index contributed by atoms with van der Waals surface area (Å²) in [6.07, 6.45) is 0. The van der Waals surface area contributed by atoms with Crippen molar-refractivity contribution in [1.82, 2.24) is 4.98 Å². The molecule has 0 unspecified atom stereocenters. The van der Waals surface area contributed by atoms with Crippen molar-refractivity contribution in [2.75, 3.05) is 31.4 Å². The Bertz CT molecular complexity index is 1480. The SMILES string of the molecule is COc1ccc(-c2nc(N(C)C)sc2C(=O)Nc2ccccc2-c2ccccc2S(N)(=O)=O)cc1. The van der Waals surface area contributed by atoms with E-state index >= 15 is 0 Å². The van der Waals surface area contributed by atoms with E-state index in [1.54, 1.807) is 49.6 Å². The molecule has 3 N–H and O–H groups in total. The van der Waals surface area contributed by atoms with Crippen LogP contribution in [0.15, 0.2) is 77.7 Å². The van der Waals surface area contributed by atoms with Gasteiger partial charge in [0.1, 0.15) is 10.6 Å². The van der Waals surface area contributed by atoms with E-state index in [0.717, 1.165) is 5.56 Å². The van der Waals surface area contributed by atoms with E-state index in [-0.39, 0.29) is 10.8 Å². The highest BCUT2D eigenvalue weighted by atomic mass is 32.2. The van der Waals surface area contributed by atoms with Gasteiger partial charge in [-0.25, -0.2) is 18.5 Å². The molecule has 0 aliphatic heterocycles. The van der Waals surface area contributed by atoms with Gasteiger partial charge in [0.05, 0.1) is 17.7 Å². The molecule has 180 valence electrons. The van der Waals surface area contributed by atoms with Gasteiger partial charge >= 0.3 is 0 Å². The van der Waals surface area contributed by atoms with Crippen molar-refractivity contribution >= 4 is 38.1 Å². The fourth-order valence-corrected chi connectivity index (χ4v) is 5.20. The molecule has 1 amide bonds. The normalized spacial score (nSPS) is 11.2. The molecule has 35 heavy (non-hydrogen) atoms. The molecule has 1 aromatic heterocycles. The number of rotatable bonds is 7. The average molecular weight is 509 g/mol. The second-order valence-corrected chi connectivity index (χ2v) is 10.3. The standard InChI is InChI=1S/C25H24N4O4S2/c1-29(2)25-28-22(16-12-14-17(33-3)15-13-16)23(34-25)24(30)27-20-10-6-4-8-18(20)19-9-5-7-11-21(19)35(26,31)32/h4-15H,1-3H3,(H,27,30)(H2,26,31,32). The number of carbonyl (C=O) groups excluding carboxylic acids is 1. The zero-order valence-electron chi connectivity index (χ0n) is 19.3. The Morgan fingerprint density at radius 3 is 2.23 bits per heavy atom. The van der Waals surface area contributed by atoms with Crippen LogP contribution < -0.4 is 20.1 Å². The molecular weight excluding hydrogens is 484 g/mol. The third-order valence-corrected chi connectivity index (χ3v) is 7.42. The lowest BCUT2D eigenvalue weighted by Gasteiger charge is -2.14. The molecular formula is C25H24N4O4S2. The maximum Gasteiger partial charge on any atom is 0.268 e. The van der Waals surface area contributed by atoms with E-state index in [9.17, 15) is 13.2 Å². The summed E-state index contributed by atoms with van der Waals surface area (Å²) in [4.78, 5) is 20.4. The predicted molar refractivity (Wildman–Crippen MR) is 140 cm³/mol. The van der Waals surface area contributed by atoms with Crippen LogP contribution in [-0.4, -0.2) is 40.5 Å². The number of carbonyl (C=O) groups is 1. The minimum absolute atomic E-state index is 0.0201. The number of ether oxygens (including phenoxy) is 1. The lowest BCUT2D eigenvalue weighted by molar-refractivity contribution is 0.103. The number of thiazole rings is 1. The first-order valence-electron chi connectivity index (χ1n) is 10.5. The number of aromatic nitrogens is 1. The number of hydrogen-bond acceptors (Lipinski definition) is 7. The second-order valence-electron chi connectivity index (χ2n) is 7.84. The molecule has 1 heterocycles. The Hall–Kier alpha value is -3.73. The fourth-order valence-electron chi connectivity index (χ4n) is 3.54. The van der Waals surface area contributed by atoms with Gasteiger partial charge in [0.2, 0.25) is 10.0 Å². The van der Waals surface area contributed by atoms with Crippen molar-refractivity contribution in [3.63, 3.8) is 0 Å². The summed E-state index contributed by atoms with van der Waals surface area (Å²) >= 11 is 1.26. The van der Waals surface area contributed by atoms with Crippen LogP contribution in [0.5, 0.6) is 5.75 Å². The Balaban J connectivity index is 1.76. The van der Waals surface area contributed by atoms with Crippen LogP contribution in [0.1, 0.15) is 9.67 Å². The molecule has 3 aromatic carbocycles. The van der Waals surface area contributed by atoms with Crippen molar-refractivity contribution in [2.45, 2.75) is 4.90 Å². The molecule has 0 saturated heterocycles. The third kappa shape index (κ3) is 5.19.